The minimum Gasteiger partial charge on any atom is -0.233 e. The first-order chi connectivity index (χ1) is 10.3. The van der Waals surface area contributed by atoms with Crippen molar-refractivity contribution in [3.8, 4) is 16.9 Å². The summed E-state index contributed by atoms with van der Waals surface area (Å²) in [6, 6.07) is 20.9. The highest BCUT2D eigenvalue weighted by Gasteiger charge is 2.16. The molecule has 0 atom stereocenters. The molecular weight excluding hydrogens is 256 g/mol. The molecule has 3 aromatic rings. The summed E-state index contributed by atoms with van der Waals surface area (Å²) in [4.78, 5) is 0. The third-order valence-corrected chi connectivity index (χ3v) is 3.76. The topological polar surface area (TPSA) is 17.8 Å². The van der Waals surface area contributed by atoms with Crippen molar-refractivity contribution in [2.45, 2.75) is 26.7 Å². The molecule has 0 spiro atoms. The van der Waals surface area contributed by atoms with Crippen molar-refractivity contribution in [3.05, 3.63) is 71.9 Å². The van der Waals surface area contributed by atoms with E-state index in [-0.39, 0.29) is 0 Å². The predicted octanol–water partition coefficient (Wildman–Crippen LogP) is 4.80. The van der Waals surface area contributed by atoms with Crippen LogP contribution in [-0.4, -0.2) is 9.78 Å². The number of hydrogen-bond donors (Lipinski definition) is 0. The van der Waals surface area contributed by atoms with Gasteiger partial charge in [0.05, 0.1) is 17.1 Å². The molecule has 0 aliphatic carbocycles. The van der Waals surface area contributed by atoms with Crippen LogP contribution in [0.15, 0.2) is 60.7 Å². The van der Waals surface area contributed by atoms with E-state index in [1.54, 1.807) is 0 Å². The molecule has 21 heavy (non-hydrogen) atoms. The van der Waals surface area contributed by atoms with E-state index in [9.17, 15) is 0 Å². The molecule has 0 radical (unpaired) electrons. The van der Waals surface area contributed by atoms with Gasteiger partial charge in [-0.3, -0.25) is 0 Å². The average molecular weight is 276 g/mol. The van der Waals surface area contributed by atoms with Crippen molar-refractivity contribution in [1.29, 1.82) is 0 Å². The number of nitrogens with zero attached hydrogens (tertiary/aromatic N) is 2. The van der Waals surface area contributed by atoms with Gasteiger partial charge in [0.25, 0.3) is 0 Å². The van der Waals surface area contributed by atoms with Gasteiger partial charge in [-0.25, -0.2) is 4.68 Å². The Bertz CT molecular complexity index is 712. The van der Waals surface area contributed by atoms with Crippen molar-refractivity contribution in [3.63, 3.8) is 0 Å². The third kappa shape index (κ3) is 2.62. The van der Waals surface area contributed by atoms with Crippen molar-refractivity contribution < 1.29 is 0 Å². The number of rotatable bonds is 4. The highest BCUT2D eigenvalue weighted by atomic mass is 15.3. The molecule has 2 heteroatoms. The van der Waals surface area contributed by atoms with E-state index >= 15 is 0 Å². The summed E-state index contributed by atoms with van der Waals surface area (Å²) in [5.74, 6) is 0. The summed E-state index contributed by atoms with van der Waals surface area (Å²) in [7, 11) is 0. The molecule has 2 nitrogen and oxygen atoms in total. The molecular formula is C19H20N2. The first kappa shape index (κ1) is 13.6. The average Bonchev–Trinajstić information content (AvgIpc) is 2.86. The summed E-state index contributed by atoms with van der Waals surface area (Å²) in [5, 5.41) is 4.86. The Labute approximate surface area is 126 Å². The lowest BCUT2D eigenvalue weighted by molar-refractivity contribution is 0.808. The Morgan fingerprint density at radius 2 is 1.52 bits per heavy atom. The molecule has 1 aromatic heterocycles. The molecule has 0 saturated heterocycles. The molecule has 0 aliphatic heterocycles. The van der Waals surface area contributed by atoms with E-state index in [2.05, 4.69) is 73.1 Å². The van der Waals surface area contributed by atoms with Crippen LogP contribution in [0.1, 0.15) is 24.6 Å². The van der Waals surface area contributed by atoms with Crippen molar-refractivity contribution >= 4 is 0 Å². The second-order valence-electron chi connectivity index (χ2n) is 5.28. The van der Waals surface area contributed by atoms with Gasteiger partial charge in [-0.15, -0.1) is 0 Å². The van der Waals surface area contributed by atoms with Gasteiger partial charge in [0.15, 0.2) is 0 Å². The summed E-state index contributed by atoms with van der Waals surface area (Å²) in [5.41, 5.74) is 6.01. The zero-order valence-electron chi connectivity index (χ0n) is 12.6. The van der Waals surface area contributed by atoms with E-state index < -0.39 is 0 Å². The van der Waals surface area contributed by atoms with Gasteiger partial charge in [-0.05, 0) is 31.0 Å². The zero-order chi connectivity index (χ0) is 14.7. The fraction of sp³-hybridized carbons (Fsp3) is 0.211. The standard InChI is InChI=1S/C19H20N2/c1-3-10-18-15(2)19(16-11-6-4-7-12-16)21(20-18)17-13-8-5-9-14-17/h4-9,11-14H,3,10H2,1-2H3. The minimum absolute atomic E-state index is 1.02. The van der Waals surface area contributed by atoms with E-state index in [0.717, 1.165) is 18.5 Å². The smallest absolute Gasteiger partial charge is 0.0773 e. The van der Waals surface area contributed by atoms with Crippen LogP contribution < -0.4 is 0 Å². The van der Waals surface area contributed by atoms with Gasteiger partial charge in [-0.1, -0.05) is 61.9 Å². The van der Waals surface area contributed by atoms with Crippen LogP contribution in [0.5, 0.6) is 0 Å². The first-order valence-corrected chi connectivity index (χ1v) is 7.50. The fourth-order valence-electron chi connectivity index (χ4n) is 2.71. The molecule has 3 rings (SSSR count). The maximum absolute atomic E-state index is 4.86. The van der Waals surface area contributed by atoms with Crippen LogP contribution in [0.25, 0.3) is 16.9 Å². The Kier molecular flexibility index (Phi) is 3.87. The summed E-state index contributed by atoms with van der Waals surface area (Å²) in [6.45, 7) is 4.38. The second-order valence-corrected chi connectivity index (χ2v) is 5.28. The number of para-hydroxylation sites is 1. The zero-order valence-corrected chi connectivity index (χ0v) is 12.6. The molecule has 0 amide bonds. The Balaban J connectivity index is 2.21. The normalized spacial score (nSPS) is 10.8. The van der Waals surface area contributed by atoms with Crippen LogP contribution in [0, 0.1) is 6.92 Å². The number of benzene rings is 2. The highest BCUT2D eigenvalue weighted by Crippen LogP contribution is 2.29. The van der Waals surface area contributed by atoms with Gasteiger partial charge in [-0.2, -0.15) is 5.10 Å². The van der Waals surface area contributed by atoms with Crippen molar-refractivity contribution in [1.82, 2.24) is 9.78 Å². The molecule has 106 valence electrons. The SMILES string of the molecule is CCCc1nn(-c2ccccc2)c(-c2ccccc2)c1C. The highest BCUT2D eigenvalue weighted by molar-refractivity contribution is 5.66. The minimum atomic E-state index is 1.02. The van der Waals surface area contributed by atoms with Gasteiger partial charge in [0.2, 0.25) is 0 Å². The van der Waals surface area contributed by atoms with Crippen molar-refractivity contribution in [2.24, 2.45) is 0 Å². The maximum Gasteiger partial charge on any atom is 0.0773 e. The van der Waals surface area contributed by atoms with Crippen LogP contribution in [-0.2, 0) is 6.42 Å². The number of aryl methyl sites for hydroxylation is 1. The first-order valence-electron chi connectivity index (χ1n) is 7.50. The lowest BCUT2D eigenvalue weighted by Gasteiger charge is -2.08. The maximum atomic E-state index is 4.86. The molecule has 0 fully saturated rings. The van der Waals surface area contributed by atoms with E-state index in [0.29, 0.717) is 0 Å². The quantitative estimate of drug-likeness (QED) is 0.669. The molecule has 0 unspecified atom stereocenters. The van der Waals surface area contributed by atoms with Crippen LogP contribution >= 0.6 is 0 Å². The number of hydrogen-bond acceptors (Lipinski definition) is 1. The number of aromatic nitrogens is 2. The van der Waals surface area contributed by atoms with Crippen molar-refractivity contribution in [2.75, 3.05) is 0 Å². The summed E-state index contributed by atoms with van der Waals surface area (Å²) >= 11 is 0. The third-order valence-electron chi connectivity index (χ3n) is 3.76. The predicted molar refractivity (Wildman–Crippen MR) is 87.7 cm³/mol. The molecule has 0 bridgehead atoms. The fourth-order valence-corrected chi connectivity index (χ4v) is 2.71. The van der Waals surface area contributed by atoms with Crippen LogP contribution in [0.4, 0.5) is 0 Å². The lowest BCUT2D eigenvalue weighted by Crippen LogP contribution is -1.99. The van der Waals surface area contributed by atoms with Gasteiger partial charge < -0.3 is 0 Å². The molecule has 0 N–H and O–H groups in total. The molecule has 1 heterocycles. The van der Waals surface area contributed by atoms with Gasteiger partial charge >= 0.3 is 0 Å². The Hall–Kier alpha value is -2.35. The second kappa shape index (κ2) is 5.96. The van der Waals surface area contributed by atoms with Crippen LogP contribution in [0.3, 0.4) is 0 Å². The van der Waals surface area contributed by atoms with Crippen LogP contribution in [0.2, 0.25) is 0 Å². The largest absolute Gasteiger partial charge is 0.233 e. The Morgan fingerprint density at radius 3 is 2.14 bits per heavy atom. The van der Waals surface area contributed by atoms with Gasteiger partial charge in [0, 0.05) is 5.56 Å². The lowest BCUT2D eigenvalue weighted by atomic mass is 10.0. The van der Waals surface area contributed by atoms with Gasteiger partial charge in [0.1, 0.15) is 0 Å². The van der Waals surface area contributed by atoms with E-state index in [4.69, 9.17) is 5.10 Å². The summed E-state index contributed by atoms with van der Waals surface area (Å²) in [6.07, 6.45) is 2.13. The Morgan fingerprint density at radius 1 is 0.905 bits per heavy atom. The van der Waals surface area contributed by atoms with E-state index in [1.807, 2.05) is 6.07 Å². The summed E-state index contributed by atoms with van der Waals surface area (Å²) < 4.78 is 2.08. The molecule has 2 aromatic carbocycles. The van der Waals surface area contributed by atoms with E-state index in [1.165, 1.54) is 22.5 Å². The monoisotopic (exact) mass is 276 g/mol. The molecule has 0 aliphatic rings. The molecule has 0 saturated carbocycles.